The molecular weight excluding hydrogens is 568 g/mol. The first kappa shape index (κ1) is 32.5. The highest BCUT2D eigenvalue weighted by Crippen LogP contribution is 2.17. The number of hydrogen-bond donors (Lipinski definition) is 4. The Bertz CT molecular complexity index is 1410. The second-order valence-corrected chi connectivity index (χ2v) is 10.5. The minimum absolute atomic E-state index is 0.120. The van der Waals surface area contributed by atoms with Crippen LogP contribution in [0.15, 0.2) is 110 Å². The lowest BCUT2D eigenvalue weighted by Crippen LogP contribution is -2.43. The molecule has 0 saturated heterocycles. The predicted octanol–water partition coefficient (Wildman–Crippen LogP) is 1.93. The molecule has 232 valence electrons. The molecule has 10 nitrogen and oxygen atoms in total. The van der Waals surface area contributed by atoms with E-state index in [0.717, 1.165) is 22.3 Å². The Balaban J connectivity index is 0.992. The molecule has 4 amide bonds. The third kappa shape index (κ3) is 11.7. The van der Waals surface area contributed by atoms with Gasteiger partial charge in [0.1, 0.15) is 6.42 Å². The molecule has 0 aliphatic rings. The van der Waals surface area contributed by atoms with Gasteiger partial charge in [0.25, 0.3) is 11.8 Å². The molecule has 0 radical (unpaired) electrons. The molecule has 2 aromatic carbocycles. The number of amides is 4. The van der Waals surface area contributed by atoms with Crippen molar-refractivity contribution in [1.29, 1.82) is 0 Å². The van der Waals surface area contributed by atoms with E-state index in [0.29, 0.717) is 39.0 Å². The molecule has 4 N–H and O–H groups in total. The molecule has 0 aliphatic heterocycles. The van der Waals surface area contributed by atoms with Gasteiger partial charge in [-0.3, -0.25) is 19.2 Å². The first-order valence-electron chi connectivity index (χ1n) is 15.1. The maximum Gasteiger partial charge on any atom is 0.285 e. The Morgan fingerprint density at radius 1 is 0.422 bits per heavy atom. The molecule has 0 unspecified atom stereocenters. The summed E-state index contributed by atoms with van der Waals surface area (Å²) in [4.78, 5) is 48.6. The molecule has 2 heterocycles. The lowest BCUT2D eigenvalue weighted by molar-refractivity contribution is -0.684. The van der Waals surface area contributed by atoms with Crippen LogP contribution in [0, 0.1) is 0 Å². The number of nitrogens with one attached hydrogen (secondary N) is 4. The highest BCUT2D eigenvalue weighted by molar-refractivity contribution is 5.96. The summed E-state index contributed by atoms with van der Waals surface area (Å²) in [5.74, 6) is -0.996. The largest absolute Gasteiger partial charge is 0.356 e. The minimum Gasteiger partial charge on any atom is -0.356 e. The number of rotatable bonds is 16. The number of nitrogens with zero attached hydrogens (tertiary/aromatic N) is 2. The van der Waals surface area contributed by atoms with E-state index in [1.807, 2.05) is 110 Å². The molecule has 0 fully saturated rings. The summed E-state index contributed by atoms with van der Waals surface area (Å²) in [6.07, 6.45) is 8.30. The molecule has 2 aromatic heterocycles. The Hall–Kier alpha value is -5.38. The van der Waals surface area contributed by atoms with E-state index in [9.17, 15) is 19.2 Å². The van der Waals surface area contributed by atoms with Gasteiger partial charge < -0.3 is 21.3 Å². The number of pyridine rings is 2. The van der Waals surface area contributed by atoms with Gasteiger partial charge >= 0.3 is 0 Å². The van der Waals surface area contributed by atoms with Crippen molar-refractivity contribution in [2.75, 3.05) is 26.2 Å². The van der Waals surface area contributed by atoms with Crippen LogP contribution in [-0.4, -0.2) is 49.8 Å². The lowest BCUT2D eigenvalue weighted by atomic mass is 10.1. The van der Waals surface area contributed by atoms with E-state index >= 15 is 0 Å². The van der Waals surface area contributed by atoms with Gasteiger partial charge in [0.2, 0.25) is 24.9 Å². The fourth-order valence-corrected chi connectivity index (χ4v) is 4.57. The van der Waals surface area contributed by atoms with Crippen molar-refractivity contribution >= 4 is 23.6 Å². The van der Waals surface area contributed by atoms with Crippen LogP contribution in [0.4, 0.5) is 0 Å². The highest BCUT2D eigenvalue weighted by atomic mass is 16.2. The Labute approximate surface area is 263 Å². The minimum atomic E-state index is -0.378. The molecular formula is C35H40N6O4+2. The lowest BCUT2D eigenvalue weighted by Gasteiger charge is -2.08. The zero-order valence-electron chi connectivity index (χ0n) is 25.3. The molecule has 4 rings (SSSR count). The molecule has 0 bridgehead atoms. The standard InChI is InChI=1S/C35H38N6O4/c42-32(36-17-7-19-38-34(44)26-40-21-13-30(14-22-40)28-9-3-1-4-10-28)25-33(43)37-18-8-20-39-35(45)27-41-23-15-31(16-24-41)29-11-5-2-6-12-29/h1-6,9-16,21-24H,7-8,17-20,25-27H2,(H2-2,36,37,38,39,42,43,44,45)/p+2. The SMILES string of the molecule is O=C(CC(=O)NCCCNC(=O)C[n+]1ccc(-c2ccccc2)cc1)NCCCNC(=O)C[n+]1ccc(-c2ccccc2)cc1. The van der Waals surface area contributed by atoms with Crippen LogP contribution in [0.5, 0.6) is 0 Å². The second kappa shape index (κ2) is 17.7. The van der Waals surface area contributed by atoms with Crippen LogP contribution in [0.25, 0.3) is 22.3 Å². The molecule has 0 saturated carbocycles. The first-order chi connectivity index (χ1) is 22.0. The van der Waals surface area contributed by atoms with E-state index in [1.165, 1.54) is 0 Å². The summed E-state index contributed by atoms with van der Waals surface area (Å²) in [5.41, 5.74) is 4.40. The summed E-state index contributed by atoms with van der Waals surface area (Å²) >= 11 is 0. The summed E-state index contributed by atoms with van der Waals surface area (Å²) in [6.45, 7) is 1.93. The number of benzene rings is 2. The fourth-order valence-electron chi connectivity index (χ4n) is 4.57. The van der Waals surface area contributed by atoms with E-state index in [4.69, 9.17) is 0 Å². The zero-order valence-corrected chi connectivity index (χ0v) is 25.3. The van der Waals surface area contributed by atoms with Gasteiger partial charge in [-0.05, 0) is 35.1 Å². The highest BCUT2D eigenvalue weighted by Gasteiger charge is 2.12. The fraction of sp³-hybridized carbons (Fsp3) is 0.257. The zero-order chi connectivity index (χ0) is 31.7. The van der Waals surface area contributed by atoms with Crippen LogP contribution in [-0.2, 0) is 32.3 Å². The van der Waals surface area contributed by atoms with E-state index in [2.05, 4.69) is 21.3 Å². The number of carbonyl (C=O) groups is 4. The van der Waals surface area contributed by atoms with Gasteiger partial charge in [-0.25, -0.2) is 0 Å². The smallest absolute Gasteiger partial charge is 0.285 e. The first-order valence-corrected chi connectivity index (χ1v) is 15.1. The van der Waals surface area contributed by atoms with Crippen LogP contribution in [0.1, 0.15) is 19.3 Å². The second-order valence-electron chi connectivity index (χ2n) is 10.5. The van der Waals surface area contributed by atoms with Gasteiger partial charge in [-0.15, -0.1) is 0 Å². The average Bonchev–Trinajstić information content (AvgIpc) is 3.06. The van der Waals surface area contributed by atoms with Gasteiger partial charge in [-0.2, -0.15) is 9.13 Å². The van der Waals surface area contributed by atoms with Crippen molar-refractivity contribution in [3.8, 4) is 22.3 Å². The number of hydrogen-bond acceptors (Lipinski definition) is 4. The normalized spacial score (nSPS) is 10.5. The molecule has 0 aliphatic carbocycles. The van der Waals surface area contributed by atoms with Crippen molar-refractivity contribution in [3.63, 3.8) is 0 Å². The van der Waals surface area contributed by atoms with Gasteiger partial charge in [0.15, 0.2) is 24.8 Å². The maximum absolute atomic E-state index is 12.2. The van der Waals surface area contributed by atoms with Crippen molar-refractivity contribution in [3.05, 3.63) is 110 Å². The third-order valence-electron chi connectivity index (χ3n) is 6.97. The Morgan fingerprint density at radius 2 is 0.733 bits per heavy atom. The predicted molar refractivity (Wildman–Crippen MR) is 170 cm³/mol. The topological polar surface area (TPSA) is 124 Å². The van der Waals surface area contributed by atoms with E-state index in [1.54, 1.807) is 9.13 Å². The number of aromatic nitrogens is 2. The average molecular weight is 609 g/mol. The van der Waals surface area contributed by atoms with Gasteiger partial charge in [-0.1, -0.05) is 60.7 Å². The van der Waals surface area contributed by atoms with Crippen molar-refractivity contribution in [2.45, 2.75) is 32.4 Å². The number of carbonyl (C=O) groups excluding carboxylic acids is 4. The Morgan fingerprint density at radius 3 is 1.09 bits per heavy atom. The van der Waals surface area contributed by atoms with Crippen molar-refractivity contribution < 1.29 is 28.3 Å². The molecule has 10 heteroatoms. The van der Waals surface area contributed by atoms with E-state index in [-0.39, 0.29) is 43.1 Å². The quantitative estimate of drug-likeness (QED) is 0.0882. The summed E-state index contributed by atoms with van der Waals surface area (Å²) in [6, 6.07) is 27.9. The molecule has 45 heavy (non-hydrogen) atoms. The summed E-state index contributed by atoms with van der Waals surface area (Å²) < 4.78 is 3.61. The van der Waals surface area contributed by atoms with Gasteiger partial charge in [0.05, 0.1) is 0 Å². The van der Waals surface area contributed by atoms with Crippen molar-refractivity contribution in [1.82, 2.24) is 21.3 Å². The third-order valence-corrected chi connectivity index (χ3v) is 6.97. The van der Waals surface area contributed by atoms with Crippen LogP contribution < -0.4 is 30.4 Å². The molecule has 4 aromatic rings. The van der Waals surface area contributed by atoms with Crippen LogP contribution >= 0.6 is 0 Å². The van der Waals surface area contributed by atoms with Crippen molar-refractivity contribution in [2.24, 2.45) is 0 Å². The summed E-state index contributed by atoms with van der Waals surface area (Å²) in [5, 5.41) is 11.1. The van der Waals surface area contributed by atoms with E-state index < -0.39 is 0 Å². The molecule has 0 spiro atoms. The summed E-state index contributed by atoms with van der Waals surface area (Å²) in [7, 11) is 0. The van der Waals surface area contributed by atoms with Crippen LogP contribution in [0.3, 0.4) is 0 Å². The van der Waals surface area contributed by atoms with Gasteiger partial charge in [0, 0.05) is 50.4 Å². The Kier molecular flexibility index (Phi) is 12.8. The molecule has 0 atom stereocenters. The maximum atomic E-state index is 12.2. The monoisotopic (exact) mass is 608 g/mol. The van der Waals surface area contributed by atoms with Crippen LogP contribution in [0.2, 0.25) is 0 Å².